The fourth-order valence-corrected chi connectivity index (χ4v) is 1.96. The molecule has 1 N–H and O–H groups in total. The molecule has 0 radical (unpaired) electrons. The van der Waals surface area contributed by atoms with Crippen molar-refractivity contribution in [3.63, 3.8) is 0 Å². The van der Waals surface area contributed by atoms with Gasteiger partial charge in [-0.25, -0.2) is 0 Å². The van der Waals surface area contributed by atoms with Crippen LogP contribution in [0.15, 0.2) is 0 Å². The summed E-state index contributed by atoms with van der Waals surface area (Å²) < 4.78 is 4.91. The quantitative estimate of drug-likeness (QED) is 0.811. The summed E-state index contributed by atoms with van der Waals surface area (Å²) in [6, 6.07) is 0.407. The van der Waals surface area contributed by atoms with Crippen molar-refractivity contribution >= 4 is 18.3 Å². The molecule has 0 spiro atoms. The average Bonchev–Trinajstić information content (AvgIpc) is 2.53. The molecule has 1 heterocycles. The second-order valence-corrected chi connectivity index (χ2v) is 4.08. The third-order valence-electron chi connectivity index (χ3n) is 3.01. The highest BCUT2D eigenvalue weighted by Crippen LogP contribution is 2.12. The van der Waals surface area contributed by atoms with Gasteiger partial charge >= 0.3 is 0 Å². The van der Waals surface area contributed by atoms with Crippen LogP contribution >= 0.6 is 12.4 Å². The molecule has 16 heavy (non-hydrogen) atoms. The van der Waals surface area contributed by atoms with E-state index < -0.39 is 0 Å². The predicted molar refractivity (Wildman–Crippen MR) is 67.0 cm³/mol. The van der Waals surface area contributed by atoms with E-state index in [-0.39, 0.29) is 18.3 Å². The van der Waals surface area contributed by atoms with Gasteiger partial charge < -0.3 is 15.0 Å². The maximum absolute atomic E-state index is 11.7. The number of nitrogens with one attached hydrogen (secondary N) is 1. The number of methoxy groups -OCH3 is 1. The van der Waals surface area contributed by atoms with Crippen LogP contribution in [-0.4, -0.2) is 50.7 Å². The molecule has 0 aromatic carbocycles. The highest BCUT2D eigenvalue weighted by Gasteiger charge is 2.20. The summed E-state index contributed by atoms with van der Waals surface area (Å²) in [7, 11) is 3.54. The van der Waals surface area contributed by atoms with Crippen LogP contribution in [0.25, 0.3) is 0 Å². The second kappa shape index (κ2) is 8.79. The number of halogens is 1. The van der Waals surface area contributed by atoms with E-state index in [2.05, 4.69) is 5.32 Å². The third kappa shape index (κ3) is 5.14. The van der Waals surface area contributed by atoms with E-state index in [9.17, 15) is 4.79 Å². The van der Waals surface area contributed by atoms with Gasteiger partial charge in [0.05, 0.1) is 13.0 Å². The van der Waals surface area contributed by atoms with Gasteiger partial charge in [-0.3, -0.25) is 4.79 Å². The Bertz CT molecular complexity index is 194. The van der Waals surface area contributed by atoms with Crippen molar-refractivity contribution in [2.75, 3.05) is 33.9 Å². The van der Waals surface area contributed by atoms with Crippen molar-refractivity contribution in [2.45, 2.75) is 31.7 Å². The third-order valence-corrected chi connectivity index (χ3v) is 3.01. The SMILES string of the molecule is COCCC(=O)N(C)C1CCCNCC1.Cl. The Hall–Kier alpha value is -0.320. The molecule has 1 saturated heterocycles. The molecular weight excluding hydrogens is 228 g/mol. The molecule has 0 bridgehead atoms. The Kier molecular flexibility index (Phi) is 8.61. The Morgan fingerprint density at radius 2 is 2.19 bits per heavy atom. The van der Waals surface area contributed by atoms with Crippen molar-refractivity contribution in [3.05, 3.63) is 0 Å². The predicted octanol–water partition coefficient (Wildman–Crippen LogP) is 1.05. The number of amides is 1. The maximum Gasteiger partial charge on any atom is 0.224 e. The summed E-state index contributed by atoms with van der Waals surface area (Å²) in [6.45, 7) is 2.62. The summed E-state index contributed by atoms with van der Waals surface area (Å²) >= 11 is 0. The molecule has 96 valence electrons. The zero-order valence-corrected chi connectivity index (χ0v) is 11.0. The van der Waals surface area contributed by atoms with Gasteiger partial charge in [0.15, 0.2) is 0 Å². The fourth-order valence-electron chi connectivity index (χ4n) is 1.96. The molecule has 5 heteroatoms. The lowest BCUT2D eigenvalue weighted by molar-refractivity contribution is -0.133. The topological polar surface area (TPSA) is 41.6 Å². The first-order valence-corrected chi connectivity index (χ1v) is 5.71. The number of hydrogen-bond acceptors (Lipinski definition) is 3. The second-order valence-electron chi connectivity index (χ2n) is 4.08. The fraction of sp³-hybridized carbons (Fsp3) is 0.909. The first kappa shape index (κ1) is 15.7. The van der Waals surface area contributed by atoms with E-state index in [4.69, 9.17) is 4.74 Å². The molecule has 0 aliphatic carbocycles. The largest absolute Gasteiger partial charge is 0.384 e. The average molecular weight is 251 g/mol. The molecule has 1 rings (SSSR count). The molecule has 1 aliphatic rings. The van der Waals surface area contributed by atoms with Crippen LogP contribution in [0.5, 0.6) is 0 Å². The molecule has 4 nitrogen and oxygen atoms in total. The first-order valence-electron chi connectivity index (χ1n) is 5.71. The summed E-state index contributed by atoms with van der Waals surface area (Å²) in [5.74, 6) is 0.198. The lowest BCUT2D eigenvalue weighted by Crippen LogP contribution is -2.37. The zero-order chi connectivity index (χ0) is 11.1. The van der Waals surface area contributed by atoms with Crippen LogP contribution in [0, 0.1) is 0 Å². The molecular formula is C11H23ClN2O2. The van der Waals surface area contributed by atoms with Crippen molar-refractivity contribution in [1.82, 2.24) is 10.2 Å². The normalized spacial score (nSPS) is 20.8. The number of hydrogen-bond donors (Lipinski definition) is 1. The Morgan fingerprint density at radius 3 is 2.88 bits per heavy atom. The van der Waals surface area contributed by atoms with Crippen LogP contribution in [0.4, 0.5) is 0 Å². The van der Waals surface area contributed by atoms with E-state index in [0.717, 1.165) is 32.4 Å². The van der Waals surface area contributed by atoms with E-state index in [1.807, 2.05) is 11.9 Å². The molecule has 1 amide bonds. The molecule has 1 fully saturated rings. The Balaban J connectivity index is 0.00000225. The lowest BCUT2D eigenvalue weighted by atomic mass is 10.1. The zero-order valence-electron chi connectivity index (χ0n) is 10.2. The smallest absolute Gasteiger partial charge is 0.224 e. The van der Waals surface area contributed by atoms with E-state index in [0.29, 0.717) is 19.1 Å². The minimum atomic E-state index is 0. The van der Waals surface area contributed by atoms with Crippen LogP contribution in [0.2, 0.25) is 0 Å². The van der Waals surface area contributed by atoms with Crippen LogP contribution in [-0.2, 0) is 9.53 Å². The van der Waals surface area contributed by atoms with Gasteiger partial charge in [-0.2, -0.15) is 0 Å². The highest BCUT2D eigenvalue weighted by molar-refractivity contribution is 5.85. The van der Waals surface area contributed by atoms with Crippen molar-refractivity contribution in [1.29, 1.82) is 0 Å². The molecule has 0 saturated carbocycles. The minimum Gasteiger partial charge on any atom is -0.384 e. The van der Waals surface area contributed by atoms with Gasteiger partial charge in [-0.05, 0) is 32.4 Å². The monoisotopic (exact) mass is 250 g/mol. The van der Waals surface area contributed by atoms with Gasteiger partial charge in [-0.1, -0.05) is 0 Å². The van der Waals surface area contributed by atoms with Gasteiger partial charge in [0.1, 0.15) is 0 Å². The van der Waals surface area contributed by atoms with Crippen molar-refractivity contribution in [2.24, 2.45) is 0 Å². The number of carbonyl (C=O) groups excluding carboxylic acids is 1. The van der Waals surface area contributed by atoms with Gasteiger partial charge in [-0.15, -0.1) is 12.4 Å². The maximum atomic E-state index is 11.7. The molecule has 0 aromatic heterocycles. The summed E-state index contributed by atoms with van der Waals surface area (Å²) in [5, 5.41) is 3.35. The van der Waals surface area contributed by atoms with E-state index in [1.165, 1.54) is 0 Å². The van der Waals surface area contributed by atoms with Crippen LogP contribution < -0.4 is 5.32 Å². The number of nitrogens with zero attached hydrogens (tertiary/aromatic N) is 1. The number of ether oxygens (including phenoxy) is 1. The van der Waals surface area contributed by atoms with Gasteiger partial charge in [0, 0.05) is 20.2 Å². The number of carbonyl (C=O) groups is 1. The van der Waals surface area contributed by atoms with Gasteiger partial charge in [0.25, 0.3) is 0 Å². The lowest BCUT2D eigenvalue weighted by Gasteiger charge is -2.27. The summed E-state index contributed by atoms with van der Waals surface area (Å²) in [4.78, 5) is 13.6. The first-order chi connectivity index (χ1) is 7.25. The van der Waals surface area contributed by atoms with E-state index >= 15 is 0 Å². The highest BCUT2D eigenvalue weighted by atomic mass is 35.5. The summed E-state index contributed by atoms with van der Waals surface area (Å²) in [5.41, 5.74) is 0. The number of rotatable bonds is 4. The molecule has 1 unspecified atom stereocenters. The van der Waals surface area contributed by atoms with Crippen LogP contribution in [0.3, 0.4) is 0 Å². The van der Waals surface area contributed by atoms with E-state index in [1.54, 1.807) is 7.11 Å². The Labute approximate surface area is 104 Å². The van der Waals surface area contributed by atoms with Gasteiger partial charge in [0.2, 0.25) is 5.91 Å². The molecule has 0 aromatic rings. The standard InChI is InChI=1S/C11H22N2O2.ClH/c1-13(11(14)6-9-15-2)10-4-3-7-12-8-5-10;/h10,12H,3-9H2,1-2H3;1H. The van der Waals surface area contributed by atoms with Crippen molar-refractivity contribution in [3.8, 4) is 0 Å². The van der Waals surface area contributed by atoms with Crippen LogP contribution in [0.1, 0.15) is 25.7 Å². The Morgan fingerprint density at radius 1 is 1.44 bits per heavy atom. The van der Waals surface area contributed by atoms with Crippen molar-refractivity contribution < 1.29 is 9.53 Å². The molecule has 1 atom stereocenters. The minimum absolute atomic E-state index is 0. The molecule has 1 aliphatic heterocycles. The summed E-state index contributed by atoms with van der Waals surface area (Å²) in [6.07, 6.45) is 3.83.